The Morgan fingerprint density at radius 1 is 1.00 bits per heavy atom. The first-order chi connectivity index (χ1) is 20.8. The summed E-state index contributed by atoms with van der Waals surface area (Å²) in [5.41, 5.74) is 2.73. The number of Topliss-reactive ketones (excluding diaryl/α,β-unsaturated/α-hetero) is 2. The van der Waals surface area contributed by atoms with Crippen molar-refractivity contribution in [3.63, 3.8) is 0 Å². The highest BCUT2D eigenvalue weighted by Gasteiger charge is 2.57. The van der Waals surface area contributed by atoms with Gasteiger partial charge in [-0.1, -0.05) is 34.6 Å². The summed E-state index contributed by atoms with van der Waals surface area (Å²) in [6.07, 6.45) is -3.09. The number of esters is 2. The van der Waals surface area contributed by atoms with E-state index in [2.05, 4.69) is 4.90 Å². The van der Waals surface area contributed by atoms with Crippen LogP contribution < -0.4 is 5.73 Å². The van der Waals surface area contributed by atoms with Gasteiger partial charge in [-0.15, -0.1) is 0 Å². The number of rotatable bonds is 5. The second-order valence-electron chi connectivity index (χ2n) is 14.2. The van der Waals surface area contributed by atoms with Crippen LogP contribution in [0.25, 0.3) is 0 Å². The highest BCUT2D eigenvalue weighted by Crippen LogP contribution is 2.45. The lowest BCUT2D eigenvalue weighted by Gasteiger charge is -2.47. The van der Waals surface area contributed by atoms with Crippen molar-refractivity contribution in [3.8, 4) is 0 Å². The maximum absolute atomic E-state index is 14.1. The maximum Gasteiger partial charge on any atom is 0.405 e. The molecule has 3 fully saturated rings. The van der Waals surface area contributed by atoms with Crippen molar-refractivity contribution in [1.29, 1.82) is 0 Å². The fraction of sp³-hybridized carbons (Fsp3) is 0.848. The van der Waals surface area contributed by atoms with E-state index in [1.54, 1.807) is 41.5 Å². The third-order valence-electron chi connectivity index (χ3n) is 10.5. The molecule has 3 saturated heterocycles. The summed E-state index contributed by atoms with van der Waals surface area (Å²) in [5, 5.41) is 0. The molecular formula is C33H54N2O10. The highest BCUT2D eigenvalue weighted by molar-refractivity contribution is 6.00. The van der Waals surface area contributed by atoms with E-state index < -0.39 is 83.1 Å². The van der Waals surface area contributed by atoms with Crippen molar-refractivity contribution in [2.45, 2.75) is 130 Å². The number of carbonyl (C=O) groups is 5. The molecule has 0 aromatic rings. The predicted molar refractivity (Wildman–Crippen MR) is 164 cm³/mol. The number of ketones is 2. The van der Waals surface area contributed by atoms with Crippen LogP contribution in [0.4, 0.5) is 4.79 Å². The van der Waals surface area contributed by atoms with Crippen molar-refractivity contribution in [2.24, 2.45) is 41.2 Å². The quantitative estimate of drug-likeness (QED) is 0.266. The van der Waals surface area contributed by atoms with Crippen LogP contribution >= 0.6 is 0 Å². The van der Waals surface area contributed by atoms with Crippen molar-refractivity contribution < 1.29 is 47.7 Å². The van der Waals surface area contributed by atoms with Crippen LogP contribution in [-0.4, -0.2) is 90.4 Å². The molecule has 12 heteroatoms. The lowest BCUT2D eigenvalue weighted by molar-refractivity contribution is -0.277. The molecule has 0 aromatic heterocycles. The summed E-state index contributed by atoms with van der Waals surface area (Å²) in [6, 6.07) is 0.0958. The monoisotopic (exact) mass is 638 g/mol. The van der Waals surface area contributed by atoms with E-state index in [-0.39, 0.29) is 36.7 Å². The Balaban J connectivity index is 2.15. The summed E-state index contributed by atoms with van der Waals surface area (Å²) >= 11 is 0. The molecule has 0 aromatic carbocycles. The van der Waals surface area contributed by atoms with Gasteiger partial charge in [-0.3, -0.25) is 19.2 Å². The molecule has 256 valence electrons. The zero-order valence-corrected chi connectivity index (χ0v) is 28.8. The Morgan fingerprint density at radius 2 is 1.62 bits per heavy atom. The fourth-order valence-electron chi connectivity index (χ4n) is 7.95. The Labute approximate surface area is 267 Å². The van der Waals surface area contributed by atoms with Crippen molar-refractivity contribution in [2.75, 3.05) is 14.1 Å². The number of nitrogens with zero attached hydrogens (tertiary/aromatic N) is 1. The molecule has 2 N–H and O–H groups in total. The van der Waals surface area contributed by atoms with E-state index in [4.69, 9.17) is 29.4 Å². The standard InChI is InChI=1S/C33H54N2O10/c1-12-24-33(9)22(14-25(36)44-33)18(4)26(37)16(2)15-32(8,45-31(34)40)28(20(6)27(38)21(7)29(39)42-24)43-30-19(5)23(35(10)11)13-17(3)41-30/h16-24,28,30H,12-15H2,1-11H3,(H2,34,40)/t16-,17-,18?,19-,20+,21-,22?,23+,24-,28-,30?,32-,33+/m1/s1. The van der Waals surface area contributed by atoms with Gasteiger partial charge in [-0.05, 0) is 61.1 Å². The second kappa shape index (κ2) is 14.0. The first-order valence-electron chi connectivity index (χ1n) is 16.2. The number of carbonyl (C=O) groups excluding carboxylic acids is 5. The molecule has 12 nitrogen and oxygen atoms in total. The minimum absolute atomic E-state index is 0.0291. The van der Waals surface area contributed by atoms with Gasteiger partial charge in [-0.2, -0.15) is 0 Å². The third-order valence-corrected chi connectivity index (χ3v) is 10.5. The zero-order valence-electron chi connectivity index (χ0n) is 28.8. The summed E-state index contributed by atoms with van der Waals surface area (Å²) in [7, 11) is 3.95. The van der Waals surface area contributed by atoms with Gasteiger partial charge in [0.05, 0.1) is 12.5 Å². The van der Waals surface area contributed by atoms with Gasteiger partial charge >= 0.3 is 18.0 Å². The number of fused-ring (bicyclic) bond motifs is 1. The molecule has 3 aliphatic rings. The van der Waals surface area contributed by atoms with Crippen LogP contribution in [0.3, 0.4) is 0 Å². The Hall–Kier alpha value is -2.57. The van der Waals surface area contributed by atoms with Crippen LogP contribution in [0.1, 0.15) is 88.0 Å². The average molecular weight is 639 g/mol. The van der Waals surface area contributed by atoms with Gasteiger partial charge in [0.1, 0.15) is 35.1 Å². The molecule has 0 saturated carbocycles. The van der Waals surface area contributed by atoms with Gasteiger partial charge in [0, 0.05) is 35.6 Å². The van der Waals surface area contributed by atoms with Gasteiger partial charge in [0.2, 0.25) is 0 Å². The molecule has 1 amide bonds. The molecule has 3 aliphatic heterocycles. The molecule has 0 radical (unpaired) electrons. The van der Waals surface area contributed by atoms with Crippen LogP contribution in [-0.2, 0) is 42.9 Å². The number of primary amides is 1. The van der Waals surface area contributed by atoms with Crippen molar-refractivity contribution in [1.82, 2.24) is 4.90 Å². The Morgan fingerprint density at radius 3 is 2.18 bits per heavy atom. The summed E-state index contributed by atoms with van der Waals surface area (Å²) in [6.45, 7) is 15.5. The second-order valence-corrected chi connectivity index (χ2v) is 14.2. The van der Waals surface area contributed by atoms with Crippen LogP contribution in [0.2, 0.25) is 0 Å². The minimum atomic E-state index is -1.59. The Bertz CT molecular complexity index is 1140. The number of hydrogen-bond donors (Lipinski definition) is 1. The van der Waals surface area contributed by atoms with E-state index in [1.807, 2.05) is 27.9 Å². The summed E-state index contributed by atoms with van der Waals surface area (Å²) in [5.74, 6) is -6.35. The number of nitrogens with two attached hydrogens (primary N) is 1. The summed E-state index contributed by atoms with van der Waals surface area (Å²) in [4.78, 5) is 68.8. The predicted octanol–water partition coefficient (Wildman–Crippen LogP) is 3.66. The molecule has 0 aliphatic carbocycles. The topological polar surface area (TPSA) is 161 Å². The normalized spacial score (nSPS) is 43.7. The molecule has 3 rings (SSSR count). The number of hydrogen-bond acceptors (Lipinski definition) is 11. The van der Waals surface area contributed by atoms with Gasteiger partial charge in [-0.25, -0.2) is 4.79 Å². The molecular weight excluding hydrogens is 584 g/mol. The van der Waals surface area contributed by atoms with E-state index in [0.29, 0.717) is 6.42 Å². The van der Waals surface area contributed by atoms with Crippen LogP contribution in [0.5, 0.6) is 0 Å². The van der Waals surface area contributed by atoms with E-state index in [1.165, 1.54) is 6.92 Å². The van der Waals surface area contributed by atoms with Crippen LogP contribution in [0, 0.1) is 35.5 Å². The highest BCUT2D eigenvalue weighted by atomic mass is 16.7. The van der Waals surface area contributed by atoms with Gasteiger partial charge in [0.25, 0.3) is 0 Å². The molecule has 3 heterocycles. The molecule has 45 heavy (non-hydrogen) atoms. The Kier molecular flexibility index (Phi) is 11.5. The average Bonchev–Trinajstić information content (AvgIpc) is 3.26. The lowest BCUT2D eigenvalue weighted by Crippen LogP contribution is -2.58. The first-order valence-corrected chi connectivity index (χ1v) is 16.2. The van der Waals surface area contributed by atoms with Crippen molar-refractivity contribution in [3.05, 3.63) is 0 Å². The number of ether oxygens (including phenoxy) is 5. The number of amides is 1. The molecule has 0 spiro atoms. The fourth-order valence-corrected chi connectivity index (χ4v) is 7.95. The van der Waals surface area contributed by atoms with E-state index >= 15 is 0 Å². The number of cyclic esters (lactones) is 1. The lowest BCUT2D eigenvalue weighted by atomic mass is 9.70. The molecule has 0 bridgehead atoms. The van der Waals surface area contributed by atoms with Gasteiger partial charge < -0.3 is 34.3 Å². The molecule has 3 unspecified atom stereocenters. The smallest absolute Gasteiger partial charge is 0.405 e. The maximum atomic E-state index is 14.1. The van der Waals surface area contributed by atoms with Crippen molar-refractivity contribution >= 4 is 29.6 Å². The van der Waals surface area contributed by atoms with Gasteiger partial charge in [0.15, 0.2) is 12.1 Å². The minimum Gasteiger partial charge on any atom is -0.458 e. The largest absolute Gasteiger partial charge is 0.458 e. The molecule has 13 atom stereocenters. The van der Waals surface area contributed by atoms with E-state index in [0.717, 1.165) is 6.42 Å². The third kappa shape index (κ3) is 7.54. The van der Waals surface area contributed by atoms with Crippen LogP contribution in [0.15, 0.2) is 0 Å². The summed E-state index contributed by atoms with van der Waals surface area (Å²) < 4.78 is 30.3. The SMILES string of the molecule is CC[C@H]1OC(=O)[C@H](C)C(=O)[C@H](C)[C@@H](OC2O[C@H](C)C[C@H](N(C)C)[C@H]2C)[C@](C)(OC(N)=O)C[C@@H](C)C(=O)C(C)C2CC(=O)O[C@@]21C. The zero-order chi connectivity index (χ0) is 34.2. The van der Waals surface area contributed by atoms with E-state index in [9.17, 15) is 24.0 Å². The first kappa shape index (κ1) is 36.9.